The second-order valence-corrected chi connectivity index (χ2v) is 7.09. The van der Waals surface area contributed by atoms with Gasteiger partial charge >= 0.3 is 0 Å². The SMILES string of the molecule is CCC(=O)N1c2ccccc2C(NC2CCC(N)CC2)C[C@@H]1C.Cl.Cl. The van der Waals surface area contributed by atoms with E-state index in [9.17, 15) is 4.79 Å². The average Bonchev–Trinajstić information content (AvgIpc) is 2.56. The number of nitrogens with one attached hydrogen (secondary N) is 1. The van der Waals surface area contributed by atoms with Gasteiger partial charge in [0.15, 0.2) is 0 Å². The molecule has 3 rings (SSSR count). The first kappa shape index (κ1) is 22.2. The maximum atomic E-state index is 12.4. The lowest BCUT2D eigenvalue weighted by molar-refractivity contribution is -0.118. The van der Waals surface area contributed by atoms with Crippen LogP contribution in [-0.4, -0.2) is 24.0 Å². The number of fused-ring (bicyclic) bond motifs is 1. The maximum absolute atomic E-state index is 12.4. The first-order valence-corrected chi connectivity index (χ1v) is 9.02. The van der Waals surface area contributed by atoms with E-state index >= 15 is 0 Å². The Balaban J connectivity index is 0.00000156. The molecule has 0 spiro atoms. The first-order chi connectivity index (χ1) is 11.1. The number of benzene rings is 1. The second kappa shape index (κ2) is 9.77. The van der Waals surface area contributed by atoms with Crippen LogP contribution in [0.2, 0.25) is 0 Å². The van der Waals surface area contributed by atoms with E-state index in [0.29, 0.717) is 24.5 Å². The molecule has 142 valence electrons. The van der Waals surface area contributed by atoms with Gasteiger partial charge in [0.05, 0.1) is 0 Å². The predicted molar refractivity (Wildman–Crippen MR) is 109 cm³/mol. The highest BCUT2D eigenvalue weighted by molar-refractivity contribution is 5.95. The minimum Gasteiger partial charge on any atom is -0.328 e. The van der Waals surface area contributed by atoms with Crippen LogP contribution in [0.4, 0.5) is 5.69 Å². The van der Waals surface area contributed by atoms with Crippen LogP contribution in [0.3, 0.4) is 0 Å². The van der Waals surface area contributed by atoms with Crippen molar-refractivity contribution in [2.75, 3.05) is 4.90 Å². The molecule has 0 bridgehead atoms. The quantitative estimate of drug-likeness (QED) is 0.824. The van der Waals surface area contributed by atoms with Crippen LogP contribution in [0.25, 0.3) is 0 Å². The molecule has 25 heavy (non-hydrogen) atoms. The molecule has 2 atom stereocenters. The number of halogens is 2. The number of rotatable bonds is 3. The number of carbonyl (C=O) groups is 1. The van der Waals surface area contributed by atoms with E-state index in [0.717, 1.165) is 37.8 Å². The summed E-state index contributed by atoms with van der Waals surface area (Å²) >= 11 is 0. The summed E-state index contributed by atoms with van der Waals surface area (Å²) in [4.78, 5) is 14.4. The fourth-order valence-electron chi connectivity index (χ4n) is 4.09. The molecule has 6 heteroatoms. The summed E-state index contributed by atoms with van der Waals surface area (Å²) in [6.45, 7) is 4.10. The number of para-hydroxylation sites is 1. The number of hydrogen-bond acceptors (Lipinski definition) is 3. The van der Waals surface area contributed by atoms with Gasteiger partial charge in [0.1, 0.15) is 0 Å². The van der Waals surface area contributed by atoms with Crippen LogP contribution in [0, 0.1) is 0 Å². The molecule has 1 fully saturated rings. The number of nitrogens with two attached hydrogens (primary N) is 1. The Morgan fingerprint density at radius 1 is 1.20 bits per heavy atom. The van der Waals surface area contributed by atoms with Crippen molar-refractivity contribution in [1.29, 1.82) is 0 Å². The third kappa shape index (κ3) is 4.88. The molecule has 2 aliphatic rings. The molecule has 1 heterocycles. The molecular formula is C19H31Cl2N3O. The van der Waals surface area contributed by atoms with E-state index in [1.54, 1.807) is 0 Å². The smallest absolute Gasteiger partial charge is 0.226 e. The topological polar surface area (TPSA) is 58.4 Å². The van der Waals surface area contributed by atoms with Crippen LogP contribution < -0.4 is 16.0 Å². The zero-order chi connectivity index (χ0) is 16.4. The van der Waals surface area contributed by atoms with Crippen molar-refractivity contribution >= 4 is 36.4 Å². The highest BCUT2D eigenvalue weighted by Gasteiger charge is 2.34. The lowest BCUT2D eigenvalue weighted by Crippen LogP contribution is -2.47. The highest BCUT2D eigenvalue weighted by atomic mass is 35.5. The van der Waals surface area contributed by atoms with E-state index in [-0.39, 0.29) is 36.8 Å². The summed E-state index contributed by atoms with van der Waals surface area (Å²) < 4.78 is 0. The Bertz CT molecular complexity index is 561. The lowest BCUT2D eigenvalue weighted by atomic mass is 9.87. The molecule has 1 aliphatic carbocycles. The van der Waals surface area contributed by atoms with E-state index in [4.69, 9.17) is 5.73 Å². The number of nitrogens with zero attached hydrogens (tertiary/aromatic N) is 1. The minimum atomic E-state index is 0. The molecule has 0 saturated heterocycles. The Kier molecular flexibility index (Phi) is 8.69. The van der Waals surface area contributed by atoms with Crippen molar-refractivity contribution in [2.45, 2.75) is 76.5 Å². The normalized spacial score (nSPS) is 28.4. The minimum absolute atomic E-state index is 0. The van der Waals surface area contributed by atoms with Crippen molar-refractivity contribution in [3.05, 3.63) is 29.8 Å². The third-order valence-electron chi connectivity index (χ3n) is 5.37. The van der Waals surface area contributed by atoms with Crippen molar-refractivity contribution < 1.29 is 4.79 Å². The number of hydrogen-bond donors (Lipinski definition) is 2. The zero-order valence-corrected chi connectivity index (χ0v) is 16.7. The first-order valence-electron chi connectivity index (χ1n) is 9.02. The molecule has 1 amide bonds. The van der Waals surface area contributed by atoms with E-state index in [2.05, 4.69) is 30.4 Å². The fraction of sp³-hybridized carbons (Fsp3) is 0.632. The van der Waals surface area contributed by atoms with Crippen LogP contribution in [0.1, 0.15) is 64.0 Å². The maximum Gasteiger partial charge on any atom is 0.226 e. The van der Waals surface area contributed by atoms with Gasteiger partial charge in [-0.2, -0.15) is 0 Å². The summed E-state index contributed by atoms with van der Waals surface area (Å²) in [5.74, 6) is 0.215. The van der Waals surface area contributed by atoms with Gasteiger partial charge in [-0.05, 0) is 50.7 Å². The van der Waals surface area contributed by atoms with Gasteiger partial charge < -0.3 is 16.0 Å². The van der Waals surface area contributed by atoms with Crippen LogP contribution in [0.5, 0.6) is 0 Å². The van der Waals surface area contributed by atoms with E-state index < -0.39 is 0 Å². The molecular weight excluding hydrogens is 357 g/mol. The number of amides is 1. The highest BCUT2D eigenvalue weighted by Crippen LogP contribution is 2.38. The van der Waals surface area contributed by atoms with E-state index in [1.165, 1.54) is 5.56 Å². The van der Waals surface area contributed by atoms with Gasteiger partial charge in [-0.3, -0.25) is 4.79 Å². The summed E-state index contributed by atoms with van der Waals surface area (Å²) in [5.41, 5.74) is 8.38. The summed E-state index contributed by atoms with van der Waals surface area (Å²) in [6, 6.07) is 9.87. The Morgan fingerprint density at radius 2 is 1.84 bits per heavy atom. The van der Waals surface area contributed by atoms with Crippen molar-refractivity contribution in [3.63, 3.8) is 0 Å². The van der Waals surface area contributed by atoms with Gasteiger partial charge in [-0.25, -0.2) is 0 Å². The molecule has 1 saturated carbocycles. The summed E-state index contributed by atoms with van der Waals surface area (Å²) in [5, 5.41) is 3.85. The number of carbonyl (C=O) groups excluding carboxylic acids is 1. The molecule has 0 aromatic heterocycles. The van der Waals surface area contributed by atoms with Gasteiger partial charge in [0, 0.05) is 36.3 Å². The summed E-state index contributed by atoms with van der Waals surface area (Å²) in [7, 11) is 0. The largest absolute Gasteiger partial charge is 0.328 e. The molecule has 0 radical (unpaired) electrons. The molecule has 1 unspecified atom stereocenters. The van der Waals surface area contributed by atoms with Crippen LogP contribution in [0.15, 0.2) is 24.3 Å². The molecule has 1 aliphatic heterocycles. The van der Waals surface area contributed by atoms with E-state index in [1.807, 2.05) is 17.9 Å². The molecule has 3 N–H and O–H groups in total. The fourth-order valence-corrected chi connectivity index (χ4v) is 4.09. The lowest BCUT2D eigenvalue weighted by Gasteiger charge is -2.41. The zero-order valence-electron chi connectivity index (χ0n) is 15.1. The monoisotopic (exact) mass is 387 g/mol. The summed E-state index contributed by atoms with van der Waals surface area (Å²) in [6.07, 6.45) is 6.07. The number of anilines is 1. The molecule has 4 nitrogen and oxygen atoms in total. The van der Waals surface area contributed by atoms with Crippen molar-refractivity contribution in [1.82, 2.24) is 5.32 Å². The molecule has 1 aromatic rings. The van der Waals surface area contributed by atoms with Crippen LogP contribution >= 0.6 is 24.8 Å². The second-order valence-electron chi connectivity index (χ2n) is 7.09. The Labute approximate surface area is 163 Å². The van der Waals surface area contributed by atoms with Gasteiger partial charge in [-0.15, -0.1) is 24.8 Å². The van der Waals surface area contributed by atoms with Crippen molar-refractivity contribution in [3.8, 4) is 0 Å². The third-order valence-corrected chi connectivity index (χ3v) is 5.37. The van der Waals surface area contributed by atoms with Gasteiger partial charge in [-0.1, -0.05) is 25.1 Å². The van der Waals surface area contributed by atoms with Crippen LogP contribution in [-0.2, 0) is 4.79 Å². The Morgan fingerprint density at radius 3 is 2.48 bits per heavy atom. The van der Waals surface area contributed by atoms with Crippen molar-refractivity contribution in [2.24, 2.45) is 5.73 Å². The van der Waals surface area contributed by atoms with Gasteiger partial charge in [0.25, 0.3) is 0 Å². The predicted octanol–water partition coefficient (Wildman–Crippen LogP) is 3.97. The molecule has 1 aromatic carbocycles. The average molecular weight is 388 g/mol. The van der Waals surface area contributed by atoms with Gasteiger partial charge in [0.2, 0.25) is 5.91 Å². The standard InChI is InChI=1S/C19H29N3O.2ClH/c1-3-19(23)22-13(2)12-17(16-6-4-5-7-18(16)22)21-15-10-8-14(20)9-11-15;;/h4-7,13-15,17,21H,3,8-12,20H2,1-2H3;2*1H/t13-,14?,15?,17?;;/m0../s1. The Hall–Kier alpha value is -0.810.